The molecule has 1 saturated carbocycles. The maximum atomic E-state index is 11.8. The summed E-state index contributed by atoms with van der Waals surface area (Å²) in [7, 11) is 1.75. The first kappa shape index (κ1) is 12.1. The van der Waals surface area contributed by atoms with E-state index in [2.05, 4.69) is 17.2 Å². The van der Waals surface area contributed by atoms with Crippen LogP contribution in [0.15, 0.2) is 17.2 Å². The summed E-state index contributed by atoms with van der Waals surface area (Å²) in [5.41, 5.74) is -0.0372. The third kappa shape index (κ3) is 3.08. The monoisotopic (exact) mass is 235 g/mol. The van der Waals surface area contributed by atoms with Gasteiger partial charge in [-0.1, -0.05) is 19.8 Å². The summed E-state index contributed by atoms with van der Waals surface area (Å²) in [6.45, 7) is 2.31. The predicted octanol–water partition coefficient (Wildman–Crippen LogP) is 2.16. The highest BCUT2D eigenvalue weighted by Gasteiger charge is 2.17. The Bertz CT molecular complexity index is 427. The molecule has 0 aliphatic heterocycles. The molecule has 17 heavy (non-hydrogen) atoms. The fourth-order valence-corrected chi connectivity index (χ4v) is 2.42. The molecule has 0 amide bonds. The standard InChI is InChI=1S/C13H21N3O/c1-10-4-3-5-11(7-6-10)15-12-13(17)16(2)9-8-14-12/h8-11H,3-7H2,1-2H3,(H,14,15). The van der Waals surface area contributed by atoms with E-state index in [1.54, 1.807) is 24.0 Å². The Balaban J connectivity index is 2.05. The maximum absolute atomic E-state index is 11.8. The zero-order valence-corrected chi connectivity index (χ0v) is 10.6. The van der Waals surface area contributed by atoms with Gasteiger partial charge in [0.05, 0.1) is 0 Å². The molecule has 0 bridgehead atoms. The van der Waals surface area contributed by atoms with E-state index in [-0.39, 0.29) is 5.56 Å². The lowest BCUT2D eigenvalue weighted by atomic mass is 10.0. The van der Waals surface area contributed by atoms with E-state index in [0.29, 0.717) is 11.9 Å². The number of anilines is 1. The Kier molecular flexibility index (Phi) is 3.82. The quantitative estimate of drug-likeness (QED) is 0.799. The second kappa shape index (κ2) is 5.34. The molecule has 2 atom stereocenters. The van der Waals surface area contributed by atoms with Gasteiger partial charge < -0.3 is 9.88 Å². The Morgan fingerprint density at radius 2 is 2.18 bits per heavy atom. The smallest absolute Gasteiger partial charge is 0.293 e. The molecule has 1 heterocycles. The highest BCUT2D eigenvalue weighted by atomic mass is 16.1. The first-order valence-electron chi connectivity index (χ1n) is 6.45. The van der Waals surface area contributed by atoms with E-state index in [1.165, 1.54) is 19.3 Å². The van der Waals surface area contributed by atoms with Gasteiger partial charge in [0, 0.05) is 25.5 Å². The van der Waals surface area contributed by atoms with E-state index in [1.807, 2.05) is 0 Å². The molecule has 1 aliphatic rings. The zero-order valence-electron chi connectivity index (χ0n) is 10.6. The van der Waals surface area contributed by atoms with Gasteiger partial charge in [-0.3, -0.25) is 4.79 Å². The van der Waals surface area contributed by atoms with Crippen LogP contribution in [0.4, 0.5) is 5.82 Å². The number of nitrogens with one attached hydrogen (secondary N) is 1. The number of aromatic nitrogens is 2. The average Bonchev–Trinajstić information content (AvgIpc) is 2.50. The van der Waals surface area contributed by atoms with Crippen molar-refractivity contribution in [3.05, 3.63) is 22.7 Å². The number of aryl methyl sites for hydroxylation is 1. The van der Waals surface area contributed by atoms with E-state index in [4.69, 9.17) is 0 Å². The minimum Gasteiger partial charge on any atom is -0.363 e. The first-order chi connectivity index (χ1) is 8.16. The number of hydrogen-bond acceptors (Lipinski definition) is 3. The van der Waals surface area contributed by atoms with Crippen LogP contribution < -0.4 is 10.9 Å². The molecule has 2 unspecified atom stereocenters. The third-order valence-electron chi connectivity index (χ3n) is 3.62. The van der Waals surface area contributed by atoms with Gasteiger partial charge in [0.2, 0.25) is 0 Å². The SMILES string of the molecule is CC1CCCC(Nc2nccn(C)c2=O)CC1. The van der Waals surface area contributed by atoms with Crippen molar-refractivity contribution < 1.29 is 0 Å². The van der Waals surface area contributed by atoms with Gasteiger partial charge in [-0.25, -0.2) is 4.98 Å². The maximum Gasteiger partial charge on any atom is 0.293 e. The van der Waals surface area contributed by atoms with Crippen molar-refractivity contribution in [1.29, 1.82) is 0 Å². The van der Waals surface area contributed by atoms with Crippen LogP contribution in [0.25, 0.3) is 0 Å². The van der Waals surface area contributed by atoms with Crippen molar-refractivity contribution in [2.75, 3.05) is 5.32 Å². The van der Waals surface area contributed by atoms with Crippen molar-refractivity contribution in [3.8, 4) is 0 Å². The summed E-state index contributed by atoms with van der Waals surface area (Å²) in [5.74, 6) is 1.31. The molecule has 1 aromatic heterocycles. The van der Waals surface area contributed by atoms with Crippen molar-refractivity contribution in [2.24, 2.45) is 13.0 Å². The molecule has 0 spiro atoms. The summed E-state index contributed by atoms with van der Waals surface area (Å²) >= 11 is 0. The van der Waals surface area contributed by atoms with Crippen LogP contribution in [0.1, 0.15) is 39.0 Å². The molecule has 0 radical (unpaired) electrons. The van der Waals surface area contributed by atoms with Gasteiger partial charge in [-0.05, 0) is 25.2 Å². The van der Waals surface area contributed by atoms with E-state index in [9.17, 15) is 4.79 Å². The second-order valence-corrected chi connectivity index (χ2v) is 5.15. The van der Waals surface area contributed by atoms with Gasteiger partial charge in [0.15, 0.2) is 5.82 Å². The minimum atomic E-state index is -0.0372. The second-order valence-electron chi connectivity index (χ2n) is 5.15. The van der Waals surface area contributed by atoms with Gasteiger partial charge in [-0.15, -0.1) is 0 Å². The van der Waals surface area contributed by atoms with Gasteiger partial charge in [0.1, 0.15) is 0 Å². The van der Waals surface area contributed by atoms with Crippen LogP contribution in [-0.4, -0.2) is 15.6 Å². The van der Waals surface area contributed by atoms with E-state index in [0.717, 1.165) is 18.8 Å². The van der Waals surface area contributed by atoms with Crippen LogP contribution in [0.2, 0.25) is 0 Å². The van der Waals surface area contributed by atoms with Gasteiger partial charge in [0.25, 0.3) is 5.56 Å². The number of hydrogen-bond donors (Lipinski definition) is 1. The molecular formula is C13H21N3O. The lowest BCUT2D eigenvalue weighted by Crippen LogP contribution is -2.27. The van der Waals surface area contributed by atoms with E-state index < -0.39 is 0 Å². The van der Waals surface area contributed by atoms with Crippen LogP contribution >= 0.6 is 0 Å². The molecular weight excluding hydrogens is 214 g/mol. The van der Waals surface area contributed by atoms with Gasteiger partial charge in [-0.2, -0.15) is 0 Å². The average molecular weight is 235 g/mol. The van der Waals surface area contributed by atoms with Crippen LogP contribution in [0.3, 0.4) is 0 Å². The molecule has 2 rings (SSSR count). The highest BCUT2D eigenvalue weighted by Crippen LogP contribution is 2.23. The molecule has 4 nitrogen and oxygen atoms in total. The van der Waals surface area contributed by atoms with Crippen molar-refractivity contribution in [1.82, 2.24) is 9.55 Å². The summed E-state index contributed by atoms with van der Waals surface area (Å²) in [6, 6.07) is 0.405. The normalized spacial score (nSPS) is 25.3. The van der Waals surface area contributed by atoms with Gasteiger partial charge >= 0.3 is 0 Å². The molecule has 1 aromatic rings. The molecule has 94 valence electrons. The summed E-state index contributed by atoms with van der Waals surface area (Å²) in [4.78, 5) is 16.0. The highest BCUT2D eigenvalue weighted by molar-refractivity contribution is 5.32. The fraction of sp³-hybridized carbons (Fsp3) is 0.692. The number of nitrogens with zero attached hydrogens (tertiary/aromatic N) is 2. The Morgan fingerprint density at radius 1 is 1.35 bits per heavy atom. The largest absolute Gasteiger partial charge is 0.363 e. The van der Waals surface area contributed by atoms with Crippen molar-refractivity contribution in [3.63, 3.8) is 0 Å². The zero-order chi connectivity index (χ0) is 12.3. The molecule has 1 N–H and O–H groups in total. The Morgan fingerprint density at radius 3 is 3.00 bits per heavy atom. The Labute approximate surface area is 102 Å². The van der Waals surface area contributed by atoms with Crippen LogP contribution in [-0.2, 0) is 7.05 Å². The van der Waals surface area contributed by atoms with E-state index >= 15 is 0 Å². The summed E-state index contributed by atoms with van der Waals surface area (Å²) in [5, 5.41) is 3.31. The molecule has 1 aliphatic carbocycles. The summed E-state index contributed by atoms with van der Waals surface area (Å²) in [6.07, 6.45) is 9.42. The first-order valence-corrected chi connectivity index (χ1v) is 6.45. The molecule has 0 saturated heterocycles. The van der Waals surface area contributed by atoms with Crippen LogP contribution in [0, 0.1) is 5.92 Å². The fourth-order valence-electron chi connectivity index (χ4n) is 2.42. The minimum absolute atomic E-state index is 0.0372. The number of rotatable bonds is 2. The van der Waals surface area contributed by atoms with Crippen LogP contribution in [0.5, 0.6) is 0 Å². The van der Waals surface area contributed by atoms with Crippen molar-refractivity contribution >= 4 is 5.82 Å². The lowest BCUT2D eigenvalue weighted by Gasteiger charge is -2.16. The Hall–Kier alpha value is -1.32. The predicted molar refractivity (Wildman–Crippen MR) is 69.1 cm³/mol. The third-order valence-corrected chi connectivity index (χ3v) is 3.62. The molecule has 4 heteroatoms. The van der Waals surface area contributed by atoms with Crippen molar-refractivity contribution in [2.45, 2.75) is 45.1 Å². The lowest BCUT2D eigenvalue weighted by molar-refractivity contribution is 0.501. The molecule has 1 fully saturated rings. The summed E-state index contributed by atoms with van der Waals surface area (Å²) < 4.78 is 1.56. The topological polar surface area (TPSA) is 46.9 Å². The molecule has 0 aromatic carbocycles.